The van der Waals surface area contributed by atoms with Crippen LogP contribution >= 0.6 is 23.1 Å². The van der Waals surface area contributed by atoms with Crippen LogP contribution in [0.25, 0.3) is 10.6 Å². The number of rotatable bonds is 7. The number of fused-ring (bicyclic) bond motifs is 1. The van der Waals surface area contributed by atoms with E-state index in [2.05, 4.69) is 34.3 Å². The molecule has 124 valence electrons. The van der Waals surface area contributed by atoms with E-state index in [1.807, 2.05) is 12.3 Å². The van der Waals surface area contributed by atoms with Crippen LogP contribution < -0.4 is 5.32 Å². The summed E-state index contributed by atoms with van der Waals surface area (Å²) in [5.41, 5.74) is 2.98. The van der Waals surface area contributed by atoms with Crippen molar-refractivity contribution in [1.82, 2.24) is 20.4 Å². The van der Waals surface area contributed by atoms with Crippen LogP contribution in [0.3, 0.4) is 0 Å². The van der Waals surface area contributed by atoms with Gasteiger partial charge in [0.1, 0.15) is 5.69 Å². The van der Waals surface area contributed by atoms with Gasteiger partial charge in [0, 0.05) is 25.0 Å². The van der Waals surface area contributed by atoms with Gasteiger partial charge in [0.2, 0.25) is 0 Å². The highest BCUT2D eigenvalue weighted by atomic mass is 32.2. The molecule has 1 amide bonds. The first-order chi connectivity index (χ1) is 11.2. The molecule has 2 aromatic rings. The van der Waals surface area contributed by atoms with Gasteiger partial charge in [-0.15, -0.1) is 23.1 Å². The number of thioether (sulfide) groups is 1. The molecule has 0 saturated heterocycles. The molecule has 0 unspecified atom stereocenters. The molecule has 5 nitrogen and oxygen atoms in total. The lowest BCUT2D eigenvalue weighted by molar-refractivity contribution is 0.0944. The van der Waals surface area contributed by atoms with Crippen LogP contribution in [0.5, 0.6) is 0 Å². The molecule has 0 radical (unpaired) electrons. The Morgan fingerprint density at radius 3 is 2.91 bits per heavy atom. The van der Waals surface area contributed by atoms with Crippen molar-refractivity contribution in [2.24, 2.45) is 0 Å². The fourth-order valence-electron chi connectivity index (χ4n) is 2.80. The standard InChI is InChI=1S/C16H22N4OS2/c1-3-20(4-2)9-10-22-16-13-11(5-7-17-15(13)21)14(23-16)12-6-8-18-19-12/h6,8H,3-5,7,9-10H2,1-2H3,(H,17,21)(H,18,19). The summed E-state index contributed by atoms with van der Waals surface area (Å²) in [5.74, 6) is 1.07. The highest BCUT2D eigenvalue weighted by Gasteiger charge is 2.28. The van der Waals surface area contributed by atoms with Crippen LogP contribution in [0, 0.1) is 0 Å². The van der Waals surface area contributed by atoms with Crippen molar-refractivity contribution in [1.29, 1.82) is 0 Å². The number of hydrogen-bond acceptors (Lipinski definition) is 5. The highest BCUT2D eigenvalue weighted by Crippen LogP contribution is 2.42. The topological polar surface area (TPSA) is 61.0 Å². The van der Waals surface area contributed by atoms with E-state index in [-0.39, 0.29) is 5.91 Å². The molecule has 3 heterocycles. The van der Waals surface area contributed by atoms with Crippen LogP contribution in [-0.4, -0.2) is 52.9 Å². The number of nitrogens with one attached hydrogen (secondary N) is 2. The molecule has 7 heteroatoms. The van der Waals surface area contributed by atoms with E-state index < -0.39 is 0 Å². The molecular formula is C16H22N4OS2. The maximum atomic E-state index is 12.3. The number of nitrogens with zero attached hydrogens (tertiary/aromatic N) is 2. The zero-order chi connectivity index (χ0) is 16.2. The van der Waals surface area contributed by atoms with Crippen molar-refractivity contribution in [2.45, 2.75) is 24.5 Å². The number of hydrogen-bond donors (Lipinski definition) is 2. The molecule has 0 atom stereocenters. The maximum absolute atomic E-state index is 12.3. The van der Waals surface area contributed by atoms with Crippen molar-refractivity contribution in [2.75, 3.05) is 31.9 Å². The Balaban J connectivity index is 1.84. The van der Waals surface area contributed by atoms with E-state index in [0.29, 0.717) is 6.54 Å². The molecule has 23 heavy (non-hydrogen) atoms. The molecule has 0 saturated carbocycles. The Morgan fingerprint density at radius 2 is 2.22 bits per heavy atom. The van der Waals surface area contributed by atoms with Crippen LogP contribution in [0.4, 0.5) is 0 Å². The van der Waals surface area contributed by atoms with Gasteiger partial charge in [-0.1, -0.05) is 13.8 Å². The molecule has 1 aliphatic heterocycles. The summed E-state index contributed by atoms with van der Waals surface area (Å²) in [4.78, 5) is 15.9. The lowest BCUT2D eigenvalue weighted by atomic mass is 10.0. The summed E-state index contributed by atoms with van der Waals surface area (Å²) >= 11 is 3.50. The van der Waals surface area contributed by atoms with Gasteiger partial charge in [0.05, 0.1) is 14.6 Å². The Kier molecular flexibility index (Phi) is 5.40. The van der Waals surface area contributed by atoms with Gasteiger partial charge in [0.25, 0.3) is 5.91 Å². The van der Waals surface area contributed by atoms with Crippen molar-refractivity contribution in [3.8, 4) is 10.6 Å². The fourth-order valence-corrected chi connectivity index (χ4v) is 5.48. The summed E-state index contributed by atoms with van der Waals surface area (Å²) in [5, 5.41) is 10.2. The molecule has 0 aromatic carbocycles. The van der Waals surface area contributed by atoms with Crippen LogP contribution in [0.1, 0.15) is 29.8 Å². The van der Waals surface area contributed by atoms with Crippen molar-refractivity contribution in [3.05, 3.63) is 23.4 Å². The quantitative estimate of drug-likeness (QED) is 0.754. The fraction of sp³-hybridized carbons (Fsp3) is 0.500. The minimum atomic E-state index is 0.0645. The summed E-state index contributed by atoms with van der Waals surface area (Å²) < 4.78 is 1.13. The number of aromatic nitrogens is 2. The molecule has 2 N–H and O–H groups in total. The maximum Gasteiger partial charge on any atom is 0.253 e. The third kappa shape index (κ3) is 3.46. The first-order valence-corrected chi connectivity index (χ1v) is 9.84. The zero-order valence-electron chi connectivity index (χ0n) is 13.5. The van der Waals surface area contributed by atoms with Gasteiger partial charge in [-0.25, -0.2) is 0 Å². The molecule has 0 spiro atoms. The molecule has 0 bridgehead atoms. The number of aromatic amines is 1. The van der Waals surface area contributed by atoms with Crippen LogP contribution in [0.15, 0.2) is 16.5 Å². The van der Waals surface area contributed by atoms with Gasteiger partial charge in [-0.2, -0.15) is 5.10 Å². The Morgan fingerprint density at radius 1 is 1.39 bits per heavy atom. The van der Waals surface area contributed by atoms with E-state index in [0.717, 1.165) is 57.7 Å². The van der Waals surface area contributed by atoms with E-state index in [1.165, 1.54) is 0 Å². The second-order valence-electron chi connectivity index (χ2n) is 5.41. The van der Waals surface area contributed by atoms with E-state index in [4.69, 9.17) is 0 Å². The number of carbonyl (C=O) groups excluding carboxylic acids is 1. The first kappa shape index (κ1) is 16.5. The average Bonchev–Trinajstić information content (AvgIpc) is 3.20. The molecule has 1 aliphatic rings. The normalized spacial score (nSPS) is 14.1. The van der Waals surface area contributed by atoms with Crippen molar-refractivity contribution >= 4 is 29.0 Å². The lowest BCUT2D eigenvalue weighted by Gasteiger charge is -2.18. The smallest absolute Gasteiger partial charge is 0.253 e. The second-order valence-corrected chi connectivity index (χ2v) is 7.80. The van der Waals surface area contributed by atoms with Gasteiger partial charge >= 0.3 is 0 Å². The van der Waals surface area contributed by atoms with Gasteiger partial charge < -0.3 is 10.2 Å². The van der Waals surface area contributed by atoms with E-state index in [1.54, 1.807) is 23.1 Å². The first-order valence-electron chi connectivity index (χ1n) is 8.03. The number of amides is 1. The van der Waals surface area contributed by atoms with Crippen LogP contribution in [0.2, 0.25) is 0 Å². The van der Waals surface area contributed by atoms with Gasteiger partial charge in [-0.3, -0.25) is 9.89 Å². The number of carbonyl (C=O) groups is 1. The third-order valence-corrected chi connectivity index (χ3v) is 6.64. The summed E-state index contributed by atoms with van der Waals surface area (Å²) in [6, 6.07) is 1.98. The molecule has 2 aromatic heterocycles. The SMILES string of the molecule is CCN(CC)CCSc1sc(-c2cc[nH]n2)c2c1C(=O)NCC2. The minimum absolute atomic E-state index is 0.0645. The molecule has 0 aliphatic carbocycles. The second kappa shape index (κ2) is 7.51. The van der Waals surface area contributed by atoms with E-state index in [9.17, 15) is 4.79 Å². The van der Waals surface area contributed by atoms with Crippen molar-refractivity contribution in [3.63, 3.8) is 0 Å². The summed E-state index contributed by atoms with van der Waals surface area (Å²) in [6.07, 6.45) is 2.72. The average molecular weight is 351 g/mol. The number of thiophene rings is 1. The predicted octanol–water partition coefficient (Wildman–Crippen LogP) is 2.86. The Hall–Kier alpha value is -1.31. The predicted molar refractivity (Wildman–Crippen MR) is 96.4 cm³/mol. The summed E-state index contributed by atoms with van der Waals surface area (Å²) in [6.45, 7) is 8.26. The lowest BCUT2D eigenvalue weighted by Crippen LogP contribution is -2.31. The van der Waals surface area contributed by atoms with Gasteiger partial charge in [0.15, 0.2) is 0 Å². The monoisotopic (exact) mass is 350 g/mol. The largest absolute Gasteiger partial charge is 0.352 e. The van der Waals surface area contributed by atoms with E-state index >= 15 is 0 Å². The third-order valence-electron chi connectivity index (χ3n) is 4.13. The number of H-pyrrole nitrogens is 1. The molecule has 3 rings (SSSR count). The molecule has 0 fully saturated rings. The summed E-state index contributed by atoms with van der Waals surface area (Å²) in [7, 11) is 0. The minimum Gasteiger partial charge on any atom is -0.352 e. The van der Waals surface area contributed by atoms with Gasteiger partial charge in [-0.05, 0) is 31.1 Å². The zero-order valence-corrected chi connectivity index (χ0v) is 15.1. The van der Waals surface area contributed by atoms with Crippen LogP contribution in [-0.2, 0) is 6.42 Å². The molecular weight excluding hydrogens is 328 g/mol. The highest BCUT2D eigenvalue weighted by molar-refractivity contribution is 8.01. The Bertz CT molecular complexity index is 662. The Labute approximate surface area is 144 Å². The van der Waals surface area contributed by atoms with Crippen molar-refractivity contribution < 1.29 is 4.79 Å².